The maximum absolute atomic E-state index is 6.36. The molecule has 1 aromatic heterocycles. The predicted octanol–water partition coefficient (Wildman–Crippen LogP) is 4.24. The Balaban J connectivity index is 1.59. The molecule has 2 atom stereocenters. The number of hydrogen-bond acceptors (Lipinski definition) is 5. The molecule has 4 nitrogen and oxygen atoms in total. The summed E-state index contributed by atoms with van der Waals surface area (Å²) in [6.45, 7) is 0. The van der Waals surface area contributed by atoms with Crippen molar-refractivity contribution >= 4 is 22.7 Å². The quantitative estimate of drug-likeness (QED) is 0.741. The fourth-order valence-electron chi connectivity index (χ4n) is 3.11. The lowest BCUT2D eigenvalue weighted by Crippen LogP contribution is -2.53. The summed E-state index contributed by atoms with van der Waals surface area (Å²) in [5.41, 5.74) is 2.21. The molecule has 0 spiro atoms. The van der Waals surface area contributed by atoms with Gasteiger partial charge in [0.1, 0.15) is 11.5 Å². The molecule has 0 saturated carbocycles. The predicted molar refractivity (Wildman–Crippen MR) is 91.2 cm³/mol. The van der Waals surface area contributed by atoms with Crippen molar-refractivity contribution in [1.82, 2.24) is 0 Å². The summed E-state index contributed by atoms with van der Waals surface area (Å²) in [5.74, 6) is 1.67. The first-order chi connectivity index (χ1) is 11.4. The van der Waals surface area contributed by atoms with Crippen LogP contribution in [0.3, 0.4) is 0 Å². The molecule has 0 fully saturated rings. The van der Waals surface area contributed by atoms with Crippen LogP contribution >= 0.6 is 11.3 Å². The molecule has 23 heavy (non-hydrogen) atoms. The first-order valence-corrected chi connectivity index (χ1v) is 8.41. The van der Waals surface area contributed by atoms with E-state index in [-0.39, 0.29) is 6.23 Å². The topological polar surface area (TPSA) is 42.5 Å². The minimum absolute atomic E-state index is 0.359. The van der Waals surface area contributed by atoms with Gasteiger partial charge in [-0.2, -0.15) is 11.3 Å². The lowest BCUT2D eigenvalue weighted by Gasteiger charge is -2.33. The van der Waals surface area contributed by atoms with E-state index in [1.54, 1.807) is 11.3 Å². The van der Waals surface area contributed by atoms with Crippen LogP contribution in [0.5, 0.6) is 11.5 Å². The number of rotatable bonds is 2. The zero-order valence-corrected chi connectivity index (χ0v) is 13.0. The summed E-state index contributed by atoms with van der Waals surface area (Å²) in [5, 5.41) is 11.1. The molecule has 0 radical (unpaired) electrons. The summed E-state index contributed by atoms with van der Waals surface area (Å²) in [4.78, 5) is 0. The highest BCUT2D eigenvalue weighted by atomic mass is 32.1. The molecule has 0 bridgehead atoms. The normalized spacial score (nSPS) is 23.9. The molecule has 0 amide bonds. The maximum atomic E-state index is 6.36. The van der Waals surface area contributed by atoms with E-state index in [1.165, 1.54) is 0 Å². The van der Waals surface area contributed by atoms with Crippen molar-refractivity contribution in [2.75, 3.05) is 10.6 Å². The lowest BCUT2D eigenvalue weighted by molar-refractivity contribution is 0.0114. The van der Waals surface area contributed by atoms with Gasteiger partial charge in [-0.15, -0.1) is 0 Å². The number of thiophene rings is 1. The molecule has 0 aliphatic carbocycles. The van der Waals surface area contributed by atoms with Crippen LogP contribution in [0.1, 0.15) is 5.56 Å². The second-order valence-corrected chi connectivity index (χ2v) is 6.39. The van der Waals surface area contributed by atoms with E-state index in [9.17, 15) is 0 Å². The van der Waals surface area contributed by atoms with Gasteiger partial charge < -0.3 is 20.1 Å². The van der Waals surface area contributed by atoms with Gasteiger partial charge in [-0.05, 0) is 35.7 Å². The molecule has 2 aromatic carbocycles. The first kappa shape index (κ1) is 12.8. The number of ether oxygens (including phenoxy) is 2. The van der Waals surface area contributed by atoms with Crippen molar-refractivity contribution in [1.29, 1.82) is 0 Å². The van der Waals surface area contributed by atoms with Gasteiger partial charge in [-0.1, -0.05) is 24.3 Å². The molecule has 2 unspecified atom stereocenters. The fourth-order valence-corrected chi connectivity index (χ4v) is 3.81. The Kier molecular flexibility index (Phi) is 2.60. The van der Waals surface area contributed by atoms with Gasteiger partial charge in [-0.3, -0.25) is 0 Å². The molecule has 3 heterocycles. The van der Waals surface area contributed by atoms with Gasteiger partial charge >= 0.3 is 0 Å². The minimum atomic E-state index is -0.789. The Morgan fingerprint density at radius 3 is 2.43 bits per heavy atom. The fraction of sp³-hybridized carbons (Fsp3) is 0.111. The van der Waals surface area contributed by atoms with Crippen LogP contribution in [0.2, 0.25) is 0 Å². The molecular weight excluding hydrogens is 308 g/mol. The van der Waals surface area contributed by atoms with Crippen LogP contribution in [-0.2, 0) is 5.72 Å². The van der Waals surface area contributed by atoms with E-state index in [1.807, 2.05) is 53.9 Å². The third-order valence-corrected chi connectivity index (χ3v) is 4.90. The average molecular weight is 322 g/mol. The van der Waals surface area contributed by atoms with Gasteiger partial charge in [0.25, 0.3) is 5.72 Å². The molecule has 0 saturated heterocycles. The van der Waals surface area contributed by atoms with Crippen molar-refractivity contribution in [3.8, 4) is 11.5 Å². The van der Waals surface area contributed by atoms with E-state index in [2.05, 4.69) is 22.1 Å². The summed E-state index contributed by atoms with van der Waals surface area (Å²) in [6.07, 6.45) is -0.359. The lowest BCUT2D eigenvalue weighted by atomic mass is 10.0. The molecule has 5 heteroatoms. The first-order valence-electron chi connectivity index (χ1n) is 7.46. The number of anilines is 2. The highest BCUT2D eigenvalue weighted by Gasteiger charge is 2.52. The van der Waals surface area contributed by atoms with E-state index >= 15 is 0 Å². The van der Waals surface area contributed by atoms with E-state index < -0.39 is 5.72 Å². The Bertz CT molecular complexity index is 813. The molecule has 3 aromatic rings. The van der Waals surface area contributed by atoms with Gasteiger partial charge in [0.05, 0.1) is 11.4 Å². The monoisotopic (exact) mass is 322 g/mol. The van der Waals surface area contributed by atoms with Crippen molar-refractivity contribution in [2.45, 2.75) is 12.0 Å². The molecular formula is C18H14N2O2S. The number of hydrogen-bond donors (Lipinski definition) is 2. The third-order valence-electron chi connectivity index (χ3n) is 4.22. The number of fused-ring (bicyclic) bond motifs is 2. The van der Waals surface area contributed by atoms with E-state index in [4.69, 9.17) is 9.47 Å². The smallest absolute Gasteiger partial charge is 0.264 e. The van der Waals surface area contributed by atoms with Crippen molar-refractivity contribution in [3.05, 3.63) is 70.9 Å². The summed E-state index contributed by atoms with van der Waals surface area (Å²) in [6, 6.07) is 18.0. The second kappa shape index (κ2) is 4.67. The molecule has 2 N–H and O–H groups in total. The van der Waals surface area contributed by atoms with Crippen molar-refractivity contribution < 1.29 is 9.47 Å². The Hall–Kier alpha value is -2.66. The zero-order valence-electron chi connectivity index (χ0n) is 12.2. The summed E-state index contributed by atoms with van der Waals surface area (Å²) >= 11 is 1.64. The number of nitrogens with one attached hydrogen (secondary N) is 2. The minimum Gasteiger partial charge on any atom is -0.462 e. The van der Waals surface area contributed by atoms with Crippen molar-refractivity contribution in [2.24, 2.45) is 0 Å². The molecule has 5 rings (SSSR count). The van der Waals surface area contributed by atoms with Crippen LogP contribution in [0.4, 0.5) is 11.4 Å². The standard InChI is InChI=1S/C18H14N2O2S/c1-3-7-15-13(5-1)19-17(21-15)18(12-9-10-23-11-12)20-14-6-2-4-8-16(14)22-18/h1-11,17,19-20H. The Morgan fingerprint density at radius 1 is 0.913 bits per heavy atom. The van der Waals surface area contributed by atoms with Crippen molar-refractivity contribution in [3.63, 3.8) is 0 Å². The molecule has 114 valence electrons. The number of para-hydroxylation sites is 4. The van der Waals surface area contributed by atoms with Gasteiger partial charge in [-0.25, -0.2) is 0 Å². The van der Waals surface area contributed by atoms with E-state index in [0.29, 0.717) is 0 Å². The maximum Gasteiger partial charge on any atom is 0.264 e. The number of benzene rings is 2. The third kappa shape index (κ3) is 1.83. The Morgan fingerprint density at radius 2 is 1.70 bits per heavy atom. The van der Waals surface area contributed by atoms with Gasteiger partial charge in [0.15, 0.2) is 0 Å². The zero-order chi connectivity index (χ0) is 15.3. The summed E-state index contributed by atoms with van der Waals surface area (Å²) in [7, 11) is 0. The highest BCUT2D eigenvalue weighted by molar-refractivity contribution is 7.08. The molecule has 2 aliphatic heterocycles. The SMILES string of the molecule is c1ccc2c(c1)NC(C1(c3ccsc3)Nc3ccccc3O1)O2. The second-order valence-electron chi connectivity index (χ2n) is 5.61. The van der Waals surface area contributed by atoms with Crippen LogP contribution < -0.4 is 20.1 Å². The Labute approximate surface area is 137 Å². The largest absolute Gasteiger partial charge is 0.462 e. The van der Waals surface area contributed by atoms with Crippen LogP contribution in [0.15, 0.2) is 65.4 Å². The highest BCUT2D eigenvalue weighted by Crippen LogP contribution is 2.47. The van der Waals surface area contributed by atoms with Crippen LogP contribution in [0.25, 0.3) is 0 Å². The van der Waals surface area contributed by atoms with Crippen LogP contribution in [0, 0.1) is 0 Å². The van der Waals surface area contributed by atoms with Gasteiger partial charge in [0, 0.05) is 10.9 Å². The molecule has 2 aliphatic rings. The average Bonchev–Trinajstić information content (AvgIpc) is 3.31. The van der Waals surface area contributed by atoms with Crippen LogP contribution in [-0.4, -0.2) is 6.23 Å². The van der Waals surface area contributed by atoms with Gasteiger partial charge in [0.2, 0.25) is 6.23 Å². The summed E-state index contributed by atoms with van der Waals surface area (Å²) < 4.78 is 12.5. The van der Waals surface area contributed by atoms with E-state index in [0.717, 1.165) is 28.4 Å².